The van der Waals surface area contributed by atoms with Gasteiger partial charge in [-0.1, -0.05) is 36.4 Å². The Hall–Kier alpha value is -3.39. The Balaban J connectivity index is 2.13. The molecule has 2 amide bonds. The molecular weight excluding hydrogens is 404 g/mol. The number of benzene rings is 2. The van der Waals surface area contributed by atoms with E-state index in [1.54, 1.807) is 36.4 Å². The topological polar surface area (TPSA) is 102 Å². The van der Waals surface area contributed by atoms with Crippen LogP contribution in [0.1, 0.15) is 29.8 Å². The Morgan fingerprint density at radius 3 is 2.30 bits per heavy atom. The van der Waals surface area contributed by atoms with Crippen molar-refractivity contribution in [3.8, 4) is 0 Å². The maximum atomic E-state index is 12.5. The zero-order valence-electron chi connectivity index (χ0n) is 16.9. The van der Waals surface area contributed by atoms with E-state index >= 15 is 0 Å². The number of amides is 2. The molecule has 0 radical (unpaired) electrons. The Kier molecular flexibility index (Phi) is 8.37. The van der Waals surface area contributed by atoms with Crippen LogP contribution in [0, 0.1) is 0 Å². The van der Waals surface area contributed by atoms with Crippen LogP contribution < -0.4 is 10.6 Å². The first-order chi connectivity index (χ1) is 14.3. The monoisotopic (exact) mass is 426 g/mol. The van der Waals surface area contributed by atoms with Gasteiger partial charge in [0.15, 0.2) is 12.4 Å². The Bertz CT molecular complexity index is 986. The van der Waals surface area contributed by atoms with E-state index in [4.69, 9.17) is 4.74 Å². The van der Waals surface area contributed by atoms with E-state index in [2.05, 4.69) is 10.6 Å². The summed E-state index contributed by atoms with van der Waals surface area (Å²) in [5.41, 5.74) is 1.42. The maximum absolute atomic E-state index is 12.5. The van der Waals surface area contributed by atoms with Gasteiger partial charge in [-0.3, -0.25) is 14.4 Å². The van der Waals surface area contributed by atoms with Gasteiger partial charge in [-0.25, -0.2) is 4.79 Å². The fourth-order valence-corrected chi connectivity index (χ4v) is 3.05. The first-order valence-electron chi connectivity index (χ1n) is 9.00. The quantitative estimate of drug-likeness (QED) is 0.291. The highest BCUT2D eigenvalue weighted by molar-refractivity contribution is 7.98. The molecule has 30 heavy (non-hydrogen) atoms. The third-order valence-corrected chi connectivity index (χ3v) is 4.60. The molecule has 8 heteroatoms. The van der Waals surface area contributed by atoms with Crippen LogP contribution in [-0.2, 0) is 19.1 Å². The van der Waals surface area contributed by atoms with Crippen molar-refractivity contribution in [2.24, 2.45) is 0 Å². The fraction of sp³-hybridized carbons (Fsp3) is 0.182. The van der Waals surface area contributed by atoms with E-state index in [0.29, 0.717) is 11.3 Å². The minimum absolute atomic E-state index is 0.0711. The molecule has 2 aromatic carbocycles. The first-order valence-corrected chi connectivity index (χ1v) is 10.2. The van der Waals surface area contributed by atoms with Crippen molar-refractivity contribution in [3.05, 3.63) is 65.4 Å². The molecule has 7 nitrogen and oxygen atoms in total. The fourth-order valence-electron chi connectivity index (χ4n) is 2.51. The highest BCUT2D eigenvalue weighted by Crippen LogP contribution is 2.26. The van der Waals surface area contributed by atoms with Crippen LogP contribution in [0.25, 0.3) is 6.08 Å². The van der Waals surface area contributed by atoms with Gasteiger partial charge in [0.2, 0.25) is 11.8 Å². The zero-order chi connectivity index (χ0) is 22.1. The molecule has 0 unspecified atom stereocenters. The summed E-state index contributed by atoms with van der Waals surface area (Å²) < 4.78 is 5.11. The summed E-state index contributed by atoms with van der Waals surface area (Å²) in [4.78, 5) is 48.5. The molecule has 156 valence electrons. The summed E-state index contributed by atoms with van der Waals surface area (Å²) in [6.45, 7) is 2.14. The Labute approximate surface area is 178 Å². The lowest BCUT2D eigenvalue weighted by molar-refractivity contribution is -0.139. The van der Waals surface area contributed by atoms with Gasteiger partial charge in [0.25, 0.3) is 0 Å². The number of carbonyl (C=O) groups excluding carboxylic acids is 4. The predicted molar refractivity (Wildman–Crippen MR) is 116 cm³/mol. The van der Waals surface area contributed by atoms with Crippen molar-refractivity contribution in [3.63, 3.8) is 0 Å². The van der Waals surface area contributed by atoms with E-state index in [1.807, 2.05) is 12.3 Å². The first kappa shape index (κ1) is 22.9. The van der Waals surface area contributed by atoms with Crippen LogP contribution >= 0.6 is 11.8 Å². The molecule has 0 aliphatic heterocycles. The zero-order valence-corrected chi connectivity index (χ0v) is 17.7. The lowest BCUT2D eigenvalue weighted by Crippen LogP contribution is -2.27. The second-order valence-electron chi connectivity index (χ2n) is 6.25. The summed E-state index contributed by atoms with van der Waals surface area (Å²) in [6, 6.07) is 13.8. The average molecular weight is 426 g/mol. The van der Waals surface area contributed by atoms with Crippen LogP contribution in [0.15, 0.2) is 59.1 Å². The van der Waals surface area contributed by atoms with Crippen LogP contribution in [-0.4, -0.2) is 36.4 Å². The van der Waals surface area contributed by atoms with Crippen LogP contribution in [0.5, 0.6) is 0 Å². The Morgan fingerprint density at radius 2 is 1.70 bits per heavy atom. The molecule has 2 aromatic rings. The van der Waals surface area contributed by atoms with Crippen LogP contribution in [0.3, 0.4) is 0 Å². The van der Waals surface area contributed by atoms with Gasteiger partial charge in [-0.2, -0.15) is 0 Å². The molecule has 0 aliphatic carbocycles. The Morgan fingerprint density at radius 1 is 1.00 bits per heavy atom. The number of ether oxygens (including phenoxy) is 1. The summed E-state index contributed by atoms with van der Waals surface area (Å²) in [7, 11) is 0. The van der Waals surface area contributed by atoms with Gasteiger partial charge in [-0.15, -0.1) is 11.8 Å². The molecule has 0 atom stereocenters. The number of carbonyl (C=O) groups is 4. The van der Waals surface area contributed by atoms with Crippen molar-refractivity contribution in [1.82, 2.24) is 5.32 Å². The van der Waals surface area contributed by atoms with Gasteiger partial charge < -0.3 is 15.4 Å². The molecule has 0 bridgehead atoms. The summed E-state index contributed by atoms with van der Waals surface area (Å²) in [5.74, 6) is -1.96. The number of esters is 1. The van der Waals surface area contributed by atoms with Crippen LogP contribution in [0.2, 0.25) is 0 Å². The SMILES string of the molecule is CSc1ccc(C(=O)COC(=O)/C(=C/c2ccccc2)NC(C)=O)cc1NC(C)=O. The maximum Gasteiger partial charge on any atom is 0.355 e. The second-order valence-corrected chi connectivity index (χ2v) is 7.09. The van der Waals surface area contributed by atoms with Gasteiger partial charge in [0, 0.05) is 24.3 Å². The lowest BCUT2D eigenvalue weighted by atomic mass is 10.1. The molecular formula is C22H22N2O5S. The van der Waals surface area contributed by atoms with Gasteiger partial charge >= 0.3 is 5.97 Å². The molecule has 2 rings (SSSR count). The molecule has 0 saturated heterocycles. The third kappa shape index (κ3) is 6.89. The predicted octanol–water partition coefficient (Wildman–Crippen LogP) is 3.27. The summed E-state index contributed by atoms with van der Waals surface area (Å²) in [5, 5.41) is 5.10. The number of rotatable bonds is 8. The largest absolute Gasteiger partial charge is 0.453 e. The van der Waals surface area contributed by atoms with E-state index in [1.165, 1.54) is 37.8 Å². The van der Waals surface area contributed by atoms with Gasteiger partial charge in [-0.05, 0) is 30.0 Å². The highest BCUT2D eigenvalue weighted by Gasteiger charge is 2.17. The standard InChI is InChI=1S/C22H22N2O5S/c1-14(25)23-18-12-17(9-10-21(18)30-3)20(27)13-29-22(28)19(24-15(2)26)11-16-7-5-4-6-8-16/h4-12H,13H2,1-3H3,(H,23,25)(H,24,26)/b19-11-. The molecule has 2 N–H and O–H groups in total. The highest BCUT2D eigenvalue weighted by atomic mass is 32.2. The van der Waals surface area contributed by atoms with Crippen molar-refractivity contribution in [2.75, 3.05) is 18.2 Å². The van der Waals surface area contributed by atoms with Gasteiger partial charge in [0.1, 0.15) is 5.70 Å². The van der Waals surface area contributed by atoms with E-state index in [0.717, 1.165) is 4.90 Å². The number of nitrogens with one attached hydrogen (secondary N) is 2. The number of thioether (sulfide) groups is 1. The third-order valence-electron chi connectivity index (χ3n) is 3.81. The minimum atomic E-state index is -0.828. The molecule has 0 heterocycles. The average Bonchev–Trinajstić information content (AvgIpc) is 2.71. The van der Waals surface area contributed by atoms with Gasteiger partial charge in [0.05, 0.1) is 5.69 Å². The van der Waals surface area contributed by atoms with Crippen molar-refractivity contribution in [1.29, 1.82) is 0 Å². The molecule has 0 aliphatic rings. The summed E-state index contributed by atoms with van der Waals surface area (Å²) in [6.07, 6.45) is 3.32. The summed E-state index contributed by atoms with van der Waals surface area (Å²) >= 11 is 1.43. The van der Waals surface area contributed by atoms with E-state index < -0.39 is 24.3 Å². The minimum Gasteiger partial charge on any atom is -0.453 e. The number of Topliss-reactive ketones (excluding diaryl/α,β-unsaturated/α-hetero) is 1. The van der Waals surface area contributed by atoms with Crippen molar-refractivity contribution < 1.29 is 23.9 Å². The number of ketones is 1. The van der Waals surface area contributed by atoms with E-state index in [-0.39, 0.29) is 17.2 Å². The number of hydrogen-bond acceptors (Lipinski definition) is 6. The molecule has 0 saturated carbocycles. The number of anilines is 1. The van der Waals surface area contributed by atoms with Crippen molar-refractivity contribution in [2.45, 2.75) is 18.7 Å². The second kappa shape index (κ2) is 11.0. The van der Waals surface area contributed by atoms with E-state index in [9.17, 15) is 19.2 Å². The normalized spacial score (nSPS) is 10.8. The number of hydrogen-bond donors (Lipinski definition) is 2. The molecule has 0 spiro atoms. The lowest BCUT2D eigenvalue weighted by Gasteiger charge is -2.11. The van der Waals surface area contributed by atoms with Crippen molar-refractivity contribution >= 4 is 47.1 Å². The van der Waals surface area contributed by atoms with Crippen LogP contribution in [0.4, 0.5) is 5.69 Å². The molecule has 0 aromatic heterocycles. The smallest absolute Gasteiger partial charge is 0.355 e. The molecule has 0 fully saturated rings.